The van der Waals surface area contributed by atoms with Gasteiger partial charge in [0.25, 0.3) is 0 Å². The number of likely N-dealkylation sites (tertiary alicyclic amines) is 1. The number of aromatic nitrogens is 2. The Morgan fingerprint density at radius 2 is 2.23 bits per heavy atom. The van der Waals surface area contributed by atoms with E-state index in [2.05, 4.69) is 15.5 Å². The molecule has 1 aliphatic heterocycles. The summed E-state index contributed by atoms with van der Waals surface area (Å²) in [5.41, 5.74) is -0.149. The van der Waals surface area contributed by atoms with E-state index in [0.29, 0.717) is 30.9 Å². The number of piperidine rings is 1. The van der Waals surface area contributed by atoms with Gasteiger partial charge >= 0.3 is 12.2 Å². The first kappa shape index (κ1) is 18.2. The average molecular weight is 368 g/mol. The third-order valence-corrected chi connectivity index (χ3v) is 4.40. The van der Waals surface area contributed by atoms with E-state index in [9.17, 15) is 18.0 Å². The quantitative estimate of drug-likeness (QED) is 0.900. The van der Waals surface area contributed by atoms with E-state index < -0.39 is 11.7 Å². The molecule has 1 saturated heterocycles. The molecule has 26 heavy (non-hydrogen) atoms. The molecule has 1 atom stereocenters. The number of carbonyl (C=O) groups excluding carboxylic acids is 1. The Balaban J connectivity index is 1.50. The average Bonchev–Trinajstić information content (AvgIpc) is 3.16. The van der Waals surface area contributed by atoms with Gasteiger partial charge in [0.15, 0.2) is 5.82 Å². The second kappa shape index (κ2) is 7.76. The third kappa shape index (κ3) is 4.53. The topological polar surface area (TPSA) is 71.3 Å². The van der Waals surface area contributed by atoms with E-state index >= 15 is 0 Å². The van der Waals surface area contributed by atoms with Gasteiger partial charge in [0.2, 0.25) is 6.39 Å². The summed E-state index contributed by atoms with van der Waals surface area (Å²) in [4.78, 5) is 18.0. The summed E-state index contributed by atoms with van der Waals surface area (Å²) in [6, 6.07) is 4.91. The van der Waals surface area contributed by atoms with Crippen molar-refractivity contribution in [2.24, 2.45) is 0 Å². The molecule has 0 unspecified atom stereocenters. The lowest BCUT2D eigenvalue weighted by Crippen LogP contribution is -2.45. The SMILES string of the molecule is O=C(NCCc1cccc(C(F)(F)F)c1)N1CCC[C@H](c2ncon2)C1. The van der Waals surface area contributed by atoms with Crippen molar-refractivity contribution in [2.75, 3.05) is 19.6 Å². The fourth-order valence-electron chi connectivity index (χ4n) is 3.06. The number of urea groups is 1. The van der Waals surface area contributed by atoms with Gasteiger partial charge in [-0.15, -0.1) is 0 Å². The van der Waals surface area contributed by atoms with Crippen LogP contribution >= 0.6 is 0 Å². The lowest BCUT2D eigenvalue weighted by molar-refractivity contribution is -0.137. The van der Waals surface area contributed by atoms with Gasteiger partial charge in [-0.1, -0.05) is 23.4 Å². The summed E-state index contributed by atoms with van der Waals surface area (Å²) < 4.78 is 42.9. The molecule has 140 valence electrons. The van der Waals surface area contributed by atoms with Crippen LogP contribution in [0.3, 0.4) is 0 Å². The number of hydrogen-bond acceptors (Lipinski definition) is 4. The molecule has 1 aromatic heterocycles. The molecule has 1 aromatic carbocycles. The molecule has 1 N–H and O–H groups in total. The van der Waals surface area contributed by atoms with Crippen LogP contribution in [0.25, 0.3) is 0 Å². The summed E-state index contributed by atoms with van der Waals surface area (Å²) in [5.74, 6) is 0.628. The van der Waals surface area contributed by atoms with Crippen molar-refractivity contribution in [3.8, 4) is 0 Å². The maximum absolute atomic E-state index is 12.7. The summed E-state index contributed by atoms with van der Waals surface area (Å²) in [6.07, 6.45) is -1.05. The van der Waals surface area contributed by atoms with E-state index in [4.69, 9.17) is 4.52 Å². The van der Waals surface area contributed by atoms with E-state index in [1.807, 2.05) is 0 Å². The van der Waals surface area contributed by atoms with Crippen LogP contribution in [0, 0.1) is 0 Å². The Labute approximate surface area is 148 Å². The van der Waals surface area contributed by atoms with Crippen molar-refractivity contribution in [1.29, 1.82) is 0 Å². The molecule has 1 aliphatic rings. The van der Waals surface area contributed by atoms with Crippen molar-refractivity contribution >= 4 is 6.03 Å². The summed E-state index contributed by atoms with van der Waals surface area (Å²) >= 11 is 0. The number of rotatable bonds is 4. The summed E-state index contributed by atoms with van der Waals surface area (Å²) in [6.45, 7) is 1.39. The predicted molar refractivity (Wildman–Crippen MR) is 86.4 cm³/mol. The monoisotopic (exact) mass is 368 g/mol. The molecule has 0 saturated carbocycles. The third-order valence-electron chi connectivity index (χ3n) is 4.40. The molecule has 0 radical (unpaired) electrons. The fraction of sp³-hybridized carbons (Fsp3) is 0.471. The van der Waals surface area contributed by atoms with Crippen molar-refractivity contribution < 1.29 is 22.5 Å². The zero-order chi connectivity index (χ0) is 18.6. The molecule has 3 rings (SSSR count). The van der Waals surface area contributed by atoms with Gasteiger partial charge < -0.3 is 14.7 Å². The van der Waals surface area contributed by atoms with Gasteiger partial charge in [-0.25, -0.2) is 4.79 Å². The Kier molecular flexibility index (Phi) is 5.43. The van der Waals surface area contributed by atoms with E-state index in [-0.39, 0.29) is 18.5 Å². The number of carbonyl (C=O) groups is 1. The maximum atomic E-state index is 12.7. The van der Waals surface area contributed by atoms with Crippen LogP contribution in [0.5, 0.6) is 0 Å². The van der Waals surface area contributed by atoms with Crippen molar-refractivity contribution in [2.45, 2.75) is 31.4 Å². The van der Waals surface area contributed by atoms with Crippen LogP contribution in [0.2, 0.25) is 0 Å². The molecule has 1 fully saturated rings. The van der Waals surface area contributed by atoms with E-state index in [1.165, 1.54) is 12.5 Å². The first-order valence-electron chi connectivity index (χ1n) is 8.38. The minimum atomic E-state index is -4.36. The number of hydrogen-bond donors (Lipinski definition) is 1. The van der Waals surface area contributed by atoms with Crippen LogP contribution in [-0.4, -0.2) is 40.7 Å². The summed E-state index contributed by atoms with van der Waals surface area (Å²) in [7, 11) is 0. The van der Waals surface area contributed by atoms with Crippen LogP contribution in [0.15, 0.2) is 35.2 Å². The normalized spacial score (nSPS) is 18.0. The van der Waals surface area contributed by atoms with Crippen molar-refractivity contribution in [1.82, 2.24) is 20.4 Å². The first-order valence-corrected chi connectivity index (χ1v) is 8.38. The molecule has 6 nitrogen and oxygen atoms in total. The molecule has 2 aromatic rings. The number of alkyl halides is 3. The molecule has 0 spiro atoms. The minimum absolute atomic E-state index is 0.0386. The van der Waals surface area contributed by atoms with Gasteiger partial charge in [0.05, 0.1) is 5.56 Å². The Morgan fingerprint density at radius 3 is 2.96 bits per heavy atom. The van der Waals surface area contributed by atoms with Crippen molar-refractivity contribution in [3.05, 3.63) is 47.6 Å². The number of amides is 2. The van der Waals surface area contributed by atoms with E-state index in [0.717, 1.165) is 25.0 Å². The number of nitrogens with zero attached hydrogens (tertiary/aromatic N) is 3. The van der Waals surface area contributed by atoms with Crippen molar-refractivity contribution in [3.63, 3.8) is 0 Å². The largest absolute Gasteiger partial charge is 0.416 e. The zero-order valence-electron chi connectivity index (χ0n) is 14.0. The molecule has 2 heterocycles. The standard InChI is InChI=1S/C17H19F3N4O2/c18-17(19,20)14-5-1-3-12(9-14)6-7-21-16(25)24-8-2-4-13(10-24)15-22-11-26-23-15/h1,3,5,9,11,13H,2,4,6-8,10H2,(H,21,25)/t13-/m0/s1. The number of halogens is 3. The first-order chi connectivity index (χ1) is 12.4. The Bertz CT molecular complexity index is 734. The van der Waals surface area contributed by atoms with E-state index in [1.54, 1.807) is 11.0 Å². The zero-order valence-corrected chi connectivity index (χ0v) is 14.0. The highest BCUT2D eigenvalue weighted by molar-refractivity contribution is 5.74. The lowest BCUT2D eigenvalue weighted by atomic mass is 9.98. The molecular formula is C17H19F3N4O2. The molecule has 0 aliphatic carbocycles. The van der Waals surface area contributed by atoms with Gasteiger partial charge in [-0.05, 0) is 30.9 Å². The second-order valence-electron chi connectivity index (χ2n) is 6.25. The predicted octanol–water partition coefficient (Wildman–Crippen LogP) is 3.22. The van der Waals surface area contributed by atoms with Crippen LogP contribution in [-0.2, 0) is 12.6 Å². The Morgan fingerprint density at radius 1 is 1.38 bits per heavy atom. The highest BCUT2D eigenvalue weighted by atomic mass is 19.4. The lowest BCUT2D eigenvalue weighted by Gasteiger charge is -2.31. The number of nitrogens with one attached hydrogen (secondary N) is 1. The molecule has 2 amide bonds. The van der Waals surface area contributed by atoms with Gasteiger partial charge in [-0.3, -0.25) is 0 Å². The fourth-order valence-corrected chi connectivity index (χ4v) is 3.06. The number of benzene rings is 1. The maximum Gasteiger partial charge on any atom is 0.416 e. The second-order valence-corrected chi connectivity index (χ2v) is 6.25. The molecule has 9 heteroatoms. The van der Waals surface area contributed by atoms with Crippen LogP contribution in [0.1, 0.15) is 35.7 Å². The van der Waals surface area contributed by atoms with Gasteiger partial charge in [-0.2, -0.15) is 18.2 Å². The Hall–Kier alpha value is -2.58. The highest BCUT2D eigenvalue weighted by Gasteiger charge is 2.30. The smallest absolute Gasteiger partial charge is 0.343 e. The van der Waals surface area contributed by atoms with Gasteiger partial charge in [0, 0.05) is 25.6 Å². The molecular weight excluding hydrogens is 349 g/mol. The summed E-state index contributed by atoms with van der Waals surface area (Å²) in [5, 5.41) is 6.59. The highest BCUT2D eigenvalue weighted by Crippen LogP contribution is 2.29. The van der Waals surface area contributed by atoms with Crippen LogP contribution in [0.4, 0.5) is 18.0 Å². The minimum Gasteiger partial charge on any atom is -0.343 e. The van der Waals surface area contributed by atoms with Crippen LogP contribution < -0.4 is 5.32 Å². The molecule has 0 bridgehead atoms. The van der Waals surface area contributed by atoms with Gasteiger partial charge in [0.1, 0.15) is 0 Å².